The molecule has 0 heterocycles. The summed E-state index contributed by atoms with van der Waals surface area (Å²) in [7, 11) is 0. The van der Waals surface area contributed by atoms with Crippen LogP contribution in [0.4, 0.5) is 0 Å². The molecule has 5 heteroatoms. The van der Waals surface area contributed by atoms with Gasteiger partial charge in [0.2, 0.25) is 0 Å². The van der Waals surface area contributed by atoms with Gasteiger partial charge in [-0.15, -0.1) is 0 Å². The van der Waals surface area contributed by atoms with Gasteiger partial charge in [0.1, 0.15) is 4.99 Å². The number of aryl methyl sites for hydroxylation is 1. The maximum Gasteiger partial charge on any atom is 0.251 e. The number of hydrogen-bond donors (Lipinski definition) is 2. The second-order valence-corrected chi connectivity index (χ2v) is 5.58. The van der Waals surface area contributed by atoms with Gasteiger partial charge >= 0.3 is 0 Å². The van der Waals surface area contributed by atoms with E-state index >= 15 is 0 Å². The highest BCUT2D eigenvalue weighted by molar-refractivity contribution is 7.80. The van der Waals surface area contributed by atoms with E-state index in [0.29, 0.717) is 22.1 Å². The van der Waals surface area contributed by atoms with Crippen molar-refractivity contribution in [2.45, 2.75) is 13.5 Å². The van der Waals surface area contributed by atoms with Crippen LogP contribution in [-0.2, 0) is 6.54 Å². The molecule has 1 amide bonds. The molecule has 0 atom stereocenters. The van der Waals surface area contributed by atoms with Crippen LogP contribution in [0.2, 0.25) is 5.02 Å². The fourth-order valence-corrected chi connectivity index (χ4v) is 2.25. The minimum Gasteiger partial charge on any atom is -0.389 e. The van der Waals surface area contributed by atoms with Crippen molar-refractivity contribution in [1.82, 2.24) is 5.32 Å². The van der Waals surface area contributed by atoms with E-state index in [1.807, 2.05) is 37.3 Å². The molecule has 0 fully saturated rings. The molecular weight excluding hydrogens is 304 g/mol. The maximum absolute atomic E-state index is 12.2. The Morgan fingerprint density at radius 1 is 1.29 bits per heavy atom. The quantitative estimate of drug-likeness (QED) is 0.851. The van der Waals surface area contributed by atoms with E-state index in [4.69, 9.17) is 29.6 Å². The van der Waals surface area contributed by atoms with Gasteiger partial charge in [-0.1, -0.05) is 48.1 Å². The zero-order valence-corrected chi connectivity index (χ0v) is 13.1. The van der Waals surface area contributed by atoms with Gasteiger partial charge in [0.15, 0.2) is 0 Å². The largest absolute Gasteiger partial charge is 0.389 e. The van der Waals surface area contributed by atoms with Gasteiger partial charge in [-0.3, -0.25) is 4.79 Å². The standard InChI is InChI=1S/C16H15ClN2OS/c1-10-5-6-13(17)8-14(10)16(20)19-9-11-3-2-4-12(7-11)15(18)21/h2-8H,9H2,1H3,(H2,18,21)(H,19,20). The third-order valence-electron chi connectivity index (χ3n) is 3.11. The third kappa shape index (κ3) is 4.03. The second-order valence-electron chi connectivity index (χ2n) is 4.71. The van der Waals surface area contributed by atoms with E-state index in [9.17, 15) is 4.79 Å². The summed E-state index contributed by atoms with van der Waals surface area (Å²) in [5.41, 5.74) is 8.78. The summed E-state index contributed by atoms with van der Waals surface area (Å²) in [6.07, 6.45) is 0. The van der Waals surface area contributed by atoms with Crippen LogP contribution in [0.1, 0.15) is 27.0 Å². The van der Waals surface area contributed by atoms with E-state index in [2.05, 4.69) is 5.32 Å². The van der Waals surface area contributed by atoms with E-state index in [0.717, 1.165) is 16.7 Å². The first-order valence-corrected chi connectivity index (χ1v) is 7.19. The maximum atomic E-state index is 12.2. The molecule has 0 aliphatic rings. The van der Waals surface area contributed by atoms with E-state index in [1.54, 1.807) is 12.1 Å². The lowest BCUT2D eigenvalue weighted by Crippen LogP contribution is -2.23. The first-order valence-electron chi connectivity index (χ1n) is 6.40. The number of amides is 1. The average Bonchev–Trinajstić information content (AvgIpc) is 2.47. The van der Waals surface area contributed by atoms with Gasteiger partial charge in [-0.2, -0.15) is 0 Å². The van der Waals surface area contributed by atoms with Crippen molar-refractivity contribution in [3.8, 4) is 0 Å². The molecule has 0 radical (unpaired) electrons. The highest BCUT2D eigenvalue weighted by Gasteiger charge is 2.09. The van der Waals surface area contributed by atoms with Crippen LogP contribution in [0.15, 0.2) is 42.5 Å². The number of benzene rings is 2. The fourth-order valence-electron chi connectivity index (χ4n) is 1.95. The molecule has 0 saturated carbocycles. The summed E-state index contributed by atoms with van der Waals surface area (Å²) in [6, 6.07) is 12.7. The number of nitrogens with two attached hydrogens (primary N) is 1. The van der Waals surface area contributed by atoms with E-state index < -0.39 is 0 Å². The summed E-state index contributed by atoms with van der Waals surface area (Å²) >= 11 is 10.9. The summed E-state index contributed by atoms with van der Waals surface area (Å²) in [6.45, 7) is 2.28. The number of carbonyl (C=O) groups excluding carboxylic acids is 1. The number of hydrogen-bond acceptors (Lipinski definition) is 2. The Kier molecular flexibility index (Phi) is 4.94. The van der Waals surface area contributed by atoms with Gasteiger partial charge < -0.3 is 11.1 Å². The lowest BCUT2D eigenvalue weighted by Gasteiger charge is -2.09. The minimum atomic E-state index is -0.157. The molecule has 2 aromatic carbocycles. The molecule has 0 aromatic heterocycles. The molecule has 0 spiro atoms. The molecule has 0 saturated heterocycles. The monoisotopic (exact) mass is 318 g/mol. The lowest BCUT2D eigenvalue weighted by atomic mass is 10.1. The summed E-state index contributed by atoms with van der Waals surface area (Å²) in [4.78, 5) is 12.5. The number of carbonyl (C=O) groups is 1. The van der Waals surface area contributed by atoms with Crippen molar-refractivity contribution in [2.24, 2.45) is 5.73 Å². The number of thiocarbonyl (C=S) groups is 1. The van der Waals surface area contributed by atoms with Crippen molar-refractivity contribution in [3.63, 3.8) is 0 Å². The van der Waals surface area contributed by atoms with Crippen LogP contribution < -0.4 is 11.1 Å². The van der Waals surface area contributed by atoms with Gasteiger partial charge in [0.05, 0.1) is 0 Å². The zero-order chi connectivity index (χ0) is 15.4. The van der Waals surface area contributed by atoms with Crippen molar-refractivity contribution >= 4 is 34.7 Å². The third-order valence-corrected chi connectivity index (χ3v) is 3.58. The van der Waals surface area contributed by atoms with Crippen LogP contribution in [0.3, 0.4) is 0 Å². The van der Waals surface area contributed by atoms with Gasteiger partial charge in [-0.25, -0.2) is 0 Å². The zero-order valence-electron chi connectivity index (χ0n) is 11.5. The predicted molar refractivity (Wildman–Crippen MR) is 89.7 cm³/mol. The predicted octanol–water partition coefficient (Wildman–Crippen LogP) is 3.21. The van der Waals surface area contributed by atoms with Crippen molar-refractivity contribution in [3.05, 3.63) is 69.7 Å². The second kappa shape index (κ2) is 6.70. The lowest BCUT2D eigenvalue weighted by molar-refractivity contribution is 0.0950. The number of rotatable bonds is 4. The molecule has 0 aliphatic carbocycles. The van der Waals surface area contributed by atoms with Crippen molar-refractivity contribution < 1.29 is 4.79 Å². The van der Waals surface area contributed by atoms with Gasteiger partial charge in [0.25, 0.3) is 5.91 Å². The van der Waals surface area contributed by atoms with Gasteiger partial charge in [0, 0.05) is 22.7 Å². The highest BCUT2D eigenvalue weighted by Crippen LogP contribution is 2.15. The minimum absolute atomic E-state index is 0.157. The summed E-state index contributed by atoms with van der Waals surface area (Å²) in [5.74, 6) is -0.157. The number of nitrogens with one attached hydrogen (secondary N) is 1. The summed E-state index contributed by atoms with van der Waals surface area (Å²) < 4.78 is 0. The highest BCUT2D eigenvalue weighted by atomic mass is 35.5. The van der Waals surface area contributed by atoms with Crippen LogP contribution in [0.25, 0.3) is 0 Å². The Balaban J connectivity index is 2.09. The van der Waals surface area contributed by atoms with E-state index in [-0.39, 0.29) is 5.91 Å². The Bertz CT molecular complexity index is 700. The molecule has 2 aromatic rings. The number of halogens is 1. The molecular formula is C16H15ClN2OS. The molecule has 0 unspecified atom stereocenters. The summed E-state index contributed by atoms with van der Waals surface area (Å²) in [5, 5.41) is 3.41. The van der Waals surface area contributed by atoms with Crippen LogP contribution in [-0.4, -0.2) is 10.9 Å². The molecule has 21 heavy (non-hydrogen) atoms. The van der Waals surface area contributed by atoms with Crippen molar-refractivity contribution in [2.75, 3.05) is 0 Å². The Morgan fingerprint density at radius 3 is 2.76 bits per heavy atom. The fraction of sp³-hybridized carbons (Fsp3) is 0.125. The SMILES string of the molecule is Cc1ccc(Cl)cc1C(=O)NCc1cccc(C(N)=S)c1. The van der Waals surface area contributed by atoms with Crippen LogP contribution >= 0.6 is 23.8 Å². The average molecular weight is 319 g/mol. The molecule has 0 bridgehead atoms. The normalized spacial score (nSPS) is 10.2. The van der Waals surface area contributed by atoms with Crippen molar-refractivity contribution in [1.29, 1.82) is 0 Å². The Labute approximate surface area is 134 Å². The topological polar surface area (TPSA) is 55.1 Å². The molecule has 3 nitrogen and oxygen atoms in total. The van der Waals surface area contributed by atoms with Gasteiger partial charge in [-0.05, 0) is 36.2 Å². The van der Waals surface area contributed by atoms with E-state index in [1.165, 1.54) is 0 Å². The molecule has 108 valence electrons. The first kappa shape index (κ1) is 15.5. The van der Waals surface area contributed by atoms with Crippen LogP contribution in [0, 0.1) is 6.92 Å². The molecule has 0 aliphatic heterocycles. The first-order chi connectivity index (χ1) is 9.97. The smallest absolute Gasteiger partial charge is 0.251 e. The van der Waals surface area contributed by atoms with Crippen LogP contribution in [0.5, 0.6) is 0 Å². The molecule has 3 N–H and O–H groups in total. The Morgan fingerprint density at radius 2 is 2.05 bits per heavy atom. The Hall–Kier alpha value is -1.91. The molecule has 2 rings (SSSR count).